The number of amides is 1. The minimum absolute atomic E-state index is 0.0240. The van der Waals surface area contributed by atoms with Crippen molar-refractivity contribution in [3.63, 3.8) is 0 Å². The standard InChI is InChI=1S/C13H21N5O/c1-13(2)8-18(5-4-17(13)3)12-10(11(15)19)6-9(14)7-16-12/h6-7H,4-5,8,14H2,1-3H3,(H2,15,19). The summed E-state index contributed by atoms with van der Waals surface area (Å²) in [5.41, 5.74) is 11.9. The van der Waals surface area contributed by atoms with Crippen molar-refractivity contribution in [2.45, 2.75) is 19.4 Å². The number of pyridine rings is 1. The van der Waals surface area contributed by atoms with Crippen LogP contribution in [0, 0.1) is 0 Å². The summed E-state index contributed by atoms with van der Waals surface area (Å²) in [4.78, 5) is 20.2. The van der Waals surface area contributed by atoms with Gasteiger partial charge >= 0.3 is 0 Å². The molecule has 1 saturated heterocycles. The Morgan fingerprint density at radius 2 is 2.11 bits per heavy atom. The molecule has 6 heteroatoms. The fourth-order valence-corrected chi connectivity index (χ4v) is 2.33. The molecule has 1 aromatic rings. The van der Waals surface area contributed by atoms with Crippen molar-refractivity contribution in [2.75, 3.05) is 37.3 Å². The van der Waals surface area contributed by atoms with Crippen molar-refractivity contribution in [1.82, 2.24) is 9.88 Å². The van der Waals surface area contributed by atoms with Crippen molar-refractivity contribution in [3.8, 4) is 0 Å². The highest BCUT2D eigenvalue weighted by Gasteiger charge is 2.32. The molecule has 0 atom stereocenters. The largest absolute Gasteiger partial charge is 0.397 e. The van der Waals surface area contributed by atoms with Crippen LogP contribution in [0.4, 0.5) is 11.5 Å². The highest BCUT2D eigenvalue weighted by molar-refractivity contribution is 5.98. The second kappa shape index (κ2) is 4.70. The van der Waals surface area contributed by atoms with E-state index in [2.05, 4.69) is 35.7 Å². The zero-order valence-electron chi connectivity index (χ0n) is 11.7. The van der Waals surface area contributed by atoms with Crippen LogP contribution >= 0.6 is 0 Å². The number of hydrogen-bond donors (Lipinski definition) is 2. The van der Waals surface area contributed by atoms with Gasteiger partial charge in [-0.3, -0.25) is 9.69 Å². The number of hydrogen-bond acceptors (Lipinski definition) is 5. The van der Waals surface area contributed by atoms with Crippen molar-refractivity contribution < 1.29 is 4.79 Å². The van der Waals surface area contributed by atoms with E-state index in [1.165, 1.54) is 0 Å². The van der Waals surface area contributed by atoms with Gasteiger partial charge < -0.3 is 16.4 Å². The molecule has 0 aromatic carbocycles. The number of piperazine rings is 1. The molecule has 0 saturated carbocycles. The molecule has 1 aliphatic rings. The first-order valence-electron chi connectivity index (χ1n) is 6.33. The van der Waals surface area contributed by atoms with Crippen LogP contribution in [-0.4, -0.2) is 48.0 Å². The number of carbonyl (C=O) groups is 1. The van der Waals surface area contributed by atoms with Crippen LogP contribution in [-0.2, 0) is 0 Å². The average Bonchev–Trinajstić information content (AvgIpc) is 2.32. The number of carbonyl (C=O) groups excluding carboxylic acids is 1. The Bertz CT molecular complexity index is 500. The van der Waals surface area contributed by atoms with E-state index in [0.29, 0.717) is 17.1 Å². The van der Waals surface area contributed by atoms with E-state index in [1.54, 1.807) is 12.3 Å². The highest BCUT2D eigenvalue weighted by Crippen LogP contribution is 2.26. The van der Waals surface area contributed by atoms with Gasteiger partial charge in [-0.1, -0.05) is 0 Å². The first-order valence-corrected chi connectivity index (χ1v) is 6.33. The summed E-state index contributed by atoms with van der Waals surface area (Å²) in [6.45, 7) is 6.86. The topological polar surface area (TPSA) is 88.5 Å². The van der Waals surface area contributed by atoms with Crippen molar-refractivity contribution in [2.24, 2.45) is 5.73 Å². The fourth-order valence-electron chi connectivity index (χ4n) is 2.33. The summed E-state index contributed by atoms with van der Waals surface area (Å²) in [6, 6.07) is 1.59. The zero-order valence-corrected chi connectivity index (χ0v) is 11.7. The molecule has 1 aromatic heterocycles. The Kier molecular flexibility index (Phi) is 3.36. The lowest BCUT2D eigenvalue weighted by Crippen LogP contribution is -2.58. The third-order valence-electron chi connectivity index (χ3n) is 3.77. The minimum atomic E-state index is -0.494. The average molecular weight is 263 g/mol. The van der Waals surface area contributed by atoms with Crippen LogP contribution in [0.1, 0.15) is 24.2 Å². The lowest BCUT2D eigenvalue weighted by Gasteiger charge is -2.46. The second-order valence-corrected chi connectivity index (χ2v) is 5.66. The molecule has 104 valence electrons. The number of nitrogens with zero attached hydrogens (tertiary/aromatic N) is 3. The van der Waals surface area contributed by atoms with E-state index in [1.807, 2.05) is 0 Å². The molecular formula is C13H21N5O. The maximum absolute atomic E-state index is 11.5. The van der Waals surface area contributed by atoms with Crippen LogP contribution in [0.2, 0.25) is 0 Å². The molecule has 6 nitrogen and oxygen atoms in total. The van der Waals surface area contributed by atoms with Gasteiger partial charge in [-0.15, -0.1) is 0 Å². The predicted octanol–water partition coefficient (Wildman–Crippen LogP) is 0.293. The zero-order chi connectivity index (χ0) is 14.2. The molecule has 0 unspecified atom stereocenters. The Labute approximate surface area is 113 Å². The third kappa shape index (κ3) is 2.63. The number of rotatable bonds is 2. The summed E-state index contributed by atoms with van der Waals surface area (Å²) in [5, 5.41) is 0. The van der Waals surface area contributed by atoms with Crippen molar-refractivity contribution in [1.29, 1.82) is 0 Å². The fraction of sp³-hybridized carbons (Fsp3) is 0.538. The van der Waals surface area contributed by atoms with Gasteiger partial charge in [0.15, 0.2) is 0 Å². The number of primary amides is 1. The molecule has 1 amide bonds. The van der Waals surface area contributed by atoms with Gasteiger partial charge in [-0.25, -0.2) is 4.98 Å². The summed E-state index contributed by atoms with van der Waals surface area (Å²) in [6.07, 6.45) is 1.56. The second-order valence-electron chi connectivity index (χ2n) is 5.66. The Balaban J connectivity index is 2.35. The molecular weight excluding hydrogens is 242 g/mol. The van der Waals surface area contributed by atoms with Crippen LogP contribution < -0.4 is 16.4 Å². The van der Waals surface area contributed by atoms with Crippen LogP contribution in [0.3, 0.4) is 0 Å². The summed E-state index contributed by atoms with van der Waals surface area (Å²) in [5.74, 6) is 0.134. The summed E-state index contributed by atoms with van der Waals surface area (Å²) >= 11 is 0. The van der Waals surface area contributed by atoms with Gasteiger partial charge in [0.1, 0.15) is 5.82 Å². The Morgan fingerprint density at radius 1 is 1.42 bits per heavy atom. The smallest absolute Gasteiger partial charge is 0.252 e. The number of likely N-dealkylation sites (N-methyl/N-ethyl adjacent to an activating group) is 1. The molecule has 4 N–H and O–H groups in total. The lowest BCUT2D eigenvalue weighted by atomic mass is 9.99. The van der Waals surface area contributed by atoms with Gasteiger partial charge in [0.05, 0.1) is 17.4 Å². The summed E-state index contributed by atoms with van der Waals surface area (Å²) in [7, 11) is 2.10. The number of anilines is 2. The monoisotopic (exact) mass is 263 g/mol. The minimum Gasteiger partial charge on any atom is -0.397 e. The van der Waals surface area contributed by atoms with E-state index in [4.69, 9.17) is 11.5 Å². The Hall–Kier alpha value is -1.82. The van der Waals surface area contributed by atoms with Crippen LogP contribution in [0.5, 0.6) is 0 Å². The van der Waals surface area contributed by atoms with Gasteiger partial charge in [0.25, 0.3) is 5.91 Å². The maximum Gasteiger partial charge on any atom is 0.252 e. The number of nitrogens with two attached hydrogens (primary N) is 2. The lowest BCUT2D eigenvalue weighted by molar-refractivity contribution is 0.0999. The first kappa shape index (κ1) is 13.6. The number of nitrogen functional groups attached to an aromatic ring is 1. The normalized spacial score (nSPS) is 19.4. The van der Waals surface area contributed by atoms with Crippen molar-refractivity contribution in [3.05, 3.63) is 17.8 Å². The van der Waals surface area contributed by atoms with E-state index in [-0.39, 0.29) is 5.54 Å². The maximum atomic E-state index is 11.5. The van der Waals surface area contributed by atoms with E-state index >= 15 is 0 Å². The third-order valence-corrected chi connectivity index (χ3v) is 3.77. The highest BCUT2D eigenvalue weighted by atomic mass is 16.1. The predicted molar refractivity (Wildman–Crippen MR) is 76.1 cm³/mol. The molecule has 1 aliphatic heterocycles. The van der Waals surface area contributed by atoms with Gasteiger partial charge in [0.2, 0.25) is 0 Å². The molecule has 0 bridgehead atoms. The molecule has 0 spiro atoms. The van der Waals surface area contributed by atoms with E-state index < -0.39 is 5.91 Å². The van der Waals surface area contributed by atoms with Crippen molar-refractivity contribution >= 4 is 17.4 Å². The number of aromatic nitrogens is 1. The molecule has 19 heavy (non-hydrogen) atoms. The molecule has 2 rings (SSSR count). The SMILES string of the molecule is CN1CCN(c2ncc(N)cc2C(N)=O)CC1(C)C. The van der Waals surface area contributed by atoms with E-state index in [0.717, 1.165) is 19.6 Å². The Morgan fingerprint density at radius 3 is 2.68 bits per heavy atom. The quantitative estimate of drug-likeness (QED) is 0.801. The van der Waals surface area contributed by atoms with Gasteiger partial charge in [-0.2, -0.15) is 0 Å². The molecule has 0 aliphatic carbocycles. The molecule has 2 heterocycles. The van der Waals surface area contributed by atoms with Gasteiger partial charge in [-0.05, 0) is 27.0 Å². The molecule has 0 radical (unpaired) electrons. The van der Waals surface area contributed by atoms with E-state index in [9.17, 15) is 4.79 Å². The van der Waals surface area contributed by atoms with Gasteiger partial charge in [0, 0.05) is 25.2 Å². The first-order chi connectivity index (χ1) is 8.81. The summed E-state index contributed by atoms with van der Waals surface area (Å²) < 4.78 is 0. The van der Waals surface area contributed by atoms with Crippen LogP contribution in [0.25, 0.3) is 0 Å². The van der Waals surface area contributed by atoms with Crippen LogP contribution in [0.15, 0.2) is 12.3 Å². The molecule has 1 fully saturated rings.